The number of primary amides is 1. The first-order valence-electron chi connectivity index (χ1n) is 7.47. The van der Waals surface area contributed by atoms with Gasteiger partial charge in [0.15, 0.2) is 0 Å². The van der Waals surface area contributed by atoms with Crippen LogP contribution in [0.15, 0.2) is 0 Å². The SMILES string of the molecule is NC(=O)CCCCNCC(O)COC1CCCCC1. The molecule has 1 aliphatic rings. The van der Waals surface area contributed by atoms with E-state index in [9.17, 15) is 9.90 Å². The smallest absolute Gasteiger partial charge is 0.217 e. The van der Waals surface area contributed by atoms with E-state index < -0.39 is 6.10 Å². The quantitative estimate of drug-likeness (QED) is 0.517. The van der Waals surface area contributed by atoms with E-state index in [1.165, 1.54) is 19.3 Å². The van der Waals surface area contributed by atoms with Crippen molar-refractivity contribution in [1.29, 1.82) is 0 Å². The molecule has 1 rings (SSSR count). The number of carbonyl (C=O) groups is 1. The van der Waals surface area contributed by atoms with Gasteiger partial charge in [0.2, 0.25) is 5.91 Å². The maximum Gasteiger partial charge on any atom is 0.217 e. The molecule has 1 amide bonds. The predicted octanol–water partition coefficient (Wildman–Crippen LogP) is 0.942. The molecule has 0 aromatic carbocycles. The lowest BCUT2D eigenvalue weighted by Gasteiger charge is -2.23. The van der Waals surface area contributed by atoms with Gasteiger partial charge in [0.1, 0.15) is 0 Å². The molecule has 1 saturated carbocycles. The van der Waals surface area contributed by atoms with Gasteiger partial charge in [-0.1, -0.05) is 19.3 Å². The third-order valence-corrected chi connectivity index (χ3v) is 3.48. The van der Waals surface area contributed by atoms with Crippen molar-refractivity contribution >= 4 is 5.91 Å². The average Bonchev–Trinajstić information content (AvgIpc) is 2.41. The standard InChI is InChI=1S/C14H28N2O3/c15-14(18)8-4-5-9-16-10-12(17)11-19-13-6-2-1-3-7-13/h12-13,16-17H,1-11H2,(H2,15,18). The van der Waals surface area contributed by atoms with Gasteiger partial charge >= 0.3 is 0 Å². The highest BCUT2D eigenvalue weighted by molar-refractivity contribution is 5.73. The van der Waals surface area contributed by atoms with Crippen LogP contribution in [0.5, 0.6) is 0 Å². The molecule has 0 heterocycles. The lowest BCUT2D eigenvalue weighted by Crippen LogP contribution is -2.33. The fourth-order valence-electron chi connectivity index (χ4n) is 2.36. The molecule has 0 radical (unpaired) electrons. The summed E-state index contributed by atoms with van der Waals surface area (Å²) in [5.74, 6) is -0.249. The summed E-state index contributed by atoms with van der Waals surface area (Å²) < 4.78 is 5.70. The molecule has 1 unspecified atom stereocenters. The Kier molecular flexibility index (Phi) is 8.79. The largest absolute Gasteiger partial charge is 0.389 e. The van der Waals surface area contributed by atoms with Gasteiger partial charge in [-0.2, -0.15) is 0 Å². The Morgan fingerprint density at radius 2 is 2.05 bits per heavy atom. The molecular formula is C14H28N2O3. The van der Waals surface area contributed by atoms with Gasteiger partial charge in [0, 0.05) is 13.0 Å². The van der Waals surface area contributed by atoms with Crippen LogP contribution in [0.25, 0.3) is 0 Å². The molecule has 0 bridgehead atoms. The van der Waals surface area contributed by atoms with Gasteiger partial charge in [-0.3, -0.25) is 4.79 Å². The number of rotatable bonds is 10. The first-order valence-corrected chi connectivity index (χ1v) is 7.47. The molecule has 19 heavy (non-hydrogen) atoms. The molecule has 1 atom stereocenters. The molecule has 0 saturated heterocycles. The molecule has 0 aliphatic heterocycles. The number of amides is 1. The molecule has 1 aliphatic carbocycles. The minimum Gasteiger partial charge on any atom is -0.389 e. The van der Waals surface area contributed by atoms with Crippen molar-refractivity contribution in [1.82, 2.24) is 5.32 Å². The number of hydrogen-bond acceptors (Lipinski definition) is 4. The van der Waals surface area contributed by atoms with Crippen LogP contribution in [-0.4, -0.2) is 42.9 Å². The summed E-state index contributed by atoms with van der Waals surface area (Å²) in [6.45, 7) is 1.76. The molecule has 0 aromatic rings. The molecule has 112 valence electrons. The van der Waals surface area contributed by atoms with Crippen LogP contribution in [0.4, 0.5) is 0 Å². The van der Waals surface area contributed by atoms with Crippen molar-refractivity contribution < 1.29 is 14.6 Å². The summed E-state index contributed by atoms with van der Waals surface area (Å²) in [6.07, 6.45) is 8.12. The first-order chi connectivity index (χ1) is 9.18. The van der Waals surface area contributed by atoms with Gasteiger partial charge < -0.3 is 20.9 Å². The van der Waals surface area contributed by atoms with E-state index in [0.29, 0.717) is 25.7 Å². The minimum absolute atomic E-state index is 0.249. The van der Waals surface area contributed by atoms with Crippen LogP contribution in [0.1, 0.15) is 51.4 Å². The Morgan fingerprint density at radius 3 is 2.74 bits per heavy atom. The molecule has 0 aromatic heterocycles. The number of aliphatic hydroxyl groups excluding tert-OH is 1. The fraction of sp³-hybridized carbons (Fsp3) is 0.929. The van der Waals surface area contributed by atoms with E-state index in [2.05, 4.69) is 5.32 Å². The number of hydrogen-bond donors (Lipinski definition) is 3. The topological polar surface area (TPSA) is 84.6 Å². The van der Waals surface area contributed by atoms with E-state index in [-0.39, 0.29) is 5.91 Å². The molecule has 5 heteroatoms. The number of aliphatic hydroxyl groups is 1. The molecular weight excluding hydrogens is 244 g/mol. The molecule has 5 nitrogen and oxygen atoms in total. The van der Waals surface area contributed by atoms with Gasteiger partial charge in [-0.15, -0.1) is 0 Å². The zero-order valence-electron chi connectivity index (χ0n) is 11.8. The van der Waals surface area contributed by atoms with Crippen molar-refractivity contribution in [3.05, 3.63) is 0 Å². The van der Waals surface area contributed by atoms with Gasteiger partial charge in [0.25, 0.3) is 0 Å². The Labute approximate surface area is 115 Å². The third kappa shape index (κ3) is 8.97. The number of nitrogens with one attached hydrogen (secondary N) is 1. The Morgan fingerprint density at radius 1 is 1.32 bits per heavy atom. The van der Waals surface area contributed by atoms with Gasteiger partial charge in [-0.05, 0) is 32.2 Å². The van der Waals surface area contributed by atoms with Crippen LogP contribution in [0.3, 0.4) is 0 Å². The molecule has 4 N–H and O–H groups in total. The second-order valence-electron chi connectivity index (χ2n) is 5.37. The third-order valence-electron chi connectivity index (χ3n) is 3.48. The summed E-state index contributed by atoms with van der Waals surface area (Å²) in [5, 5.41) is 12.9. The van der Waals surface area contributed by atoms with E-state index in [0.717, 1.165) is 32.2 Å². The van der Waals surface area contributed by atoms with Crippen LogP contribution in [0, 0.1) is 0 Å². The van der Waals surface area contributed by atoms with Crippen molar-refractivity contribution in [2.24, 2.45) is 5.73 Å². The van der Waals surface area contributed by atoms with E-state index in [1.54, 1.807) is 0 Å². The highest BCUT2D eigenvalue weighted by atomic mass is 16.5. The first kappa shape index (κ1) is 16.4. The number of carbonyl (C=O) groups excluding carboxylic acids is 1. The number of unbranched alkanes of at least 4 members (excludes halogenated alkanes) is 1. The molecule has 0 spiro atoms. The zero-order chi connectivity index (χ0) is 13.9. The Hall–Kier alpha value is -0.650. The van der Waals surface area contributed by atoms with Crippen molar-refractivity contribution in [2.45, 2.75) is 63.6 Å². The van der Waals surface area contributed by atoms with Gasteiger partial charge in [0.05, 0.1) is 18.8 Å². The van der Waals surface area contributed by atoms with Crippen LogP contribution < -0.4 is 11.1 Å². The summed E-state index contributed by atoms with van der Waals surface area (Å²) in [4.78, 5) is 10.5. The van der Waals surface area contributed by atoms with E-state index >= 15 is 0 Å². The number of ether oxygens (including phenoxy) is 1. The lowest BCUT2D eigenvalue weighted by atomic mass is 9.98. The van der Waals surface area contributed by atoms with Crippen molar-refractivity contribution in [3.8, 4) is 0 Å². The monoisotopic (exact) mass is 272 g/mol. The second kappa shape index (κ2) is 10.2. The Balaban J connectivity index is 1.89. The summed E-state index contributed by atoms with van der Waals surface area (Å²) in [6, 6.07) is 0. The second-order valence-corrected chi connectivity index (χ2v) is 5.37. The Bertz CT molecular complexity index is 243. The summed E-state index contributed by atoms with van der Waals surface area (Å²) >= 11 is 0. The lowest BCUT2D eigenvalue weighted by molar-refractivity contribution is -0.118. The number of nitrogens with two attached hydrogens (primary N) is 1. The highest BCUT2D eigenvalue weighted by Crippen LogP contribution is 2.20. The zero-order valence-corrected chi connectivity index (χ0v) is 11.8. The summed E-state index contributed by atoms with van der Waals surface area (Å²) in [5.41, 5.74) is 5.05. The average molecular weight is 272 g/mol. The minimum atomic E-state index is -0.446. The highest BCUT2D eigenvalue weighted by Gasteiger charge is 2.15. The maximum absolute atomic E-state index is 10.5. The van der Waals surface area contributed by atoms with Crippen molar-refractivity contribution in [3.63, 3.8) is 0 Å². The van der Waals surface area contributed by atoms with E-state index in [4.69, 9.17) is 10.5 Å². The van der Waals surface area contributed by atoms with Crippen LogP contribution in [-0.2, 0) is 9.53 Å². The fourth-order valence-corrected chi connectivity index (χ4v) is 2.36. The normalized spacial score (nSPS) is 18.4. The van der Waals surface area contributed by atoms with Gasteiger partial charge in [-0.25, -0.2) is 0 Å². The molecule has 1 fully saturated rings. The van der Waals surface area contributed by atoms with Crippen LogP contribution in [0.2, 0.25) is 0 Å². The maximum atomic E-state index is 10.5. The predicted molar refractivity (Wildman–Crippen MR) is 74.7 cm³/mol. The van der Waals surface area contributed by atoms with Crippen LogP contribution >= 0.6 is 0 Å². The van der Waals surface area contributed by atoms with Crippen molar-refractivity contribution in [2.75, 3.05) is 19.7 Å². The van der Waals surface area contributed by atoms with E-state index in [1.807, 2.05) is 0 Å². The summed E-state index contributed by atoms with van der Waals surface area (Å²) in [7, 11) is 0.